The third kappa shape index (κ3) is 7.60. The Morgan fingerprint density at radius 2 is 2.00 bits per heavy atom. The van der Waals surface area contributed by atoms with Crippen LogP contribution in [-0.2, 0) is 9.47 Å². The van der Waals surface area contributed by atoms with Crippen molar-refractivity contribution in [2.45, 2.75) is 57.5 Å². The molecule has 1 saturated carbocycles. The Hall–Kier alpha value is -2.80. The molecule has 2 fully saturated rings. The van der Waals surface area contributed by atoms with Gasteiger partial charge in [-0.1, -0.05) is 6.07 Å². The van der Waals surface area contributed by atoms with Gasteiger partial charge in [-0.05, 0) is 76.1 Å². The summed E-state index contributed by atoms with van der Waals surface area (Å²) in [5.74, 6) is 1.54. The van der Waals surface area contributed by atoms with Crippen molar-refractivity contribution in [3.05, 3.63) is 36.3 Å². The van der Waals surface area contributed by atoms with Crippen LogP contribution in [-0.4, -0.2) is 62.1 Å². The number of hydrogen-bond acceptors (Lipinski definition) is 8. The number of methoxy groups -OCH3 is 1. The lowest BCUT2D eigenvalue weighted by Gasteiger charge is -2.30. The quantitative estimate of drug-likeness (QED) is 0.403. The molecule has 1 aliphatic carbocycles. The van der Waals surface area contributed by atoms with Gasteiger partial charge in [-0.25, -0.2) is 14.4 Å². The van der Waals surface area contributed by atoms with E-state index in [1.54, 1.807) is 19.2 Å². The molecular formula is C28H39FN6O2. The van der Waals surface area contributed by atoms with Crippen LogP contribution in [0, 0.1) is 28.5 Å². The largest absolute Gasteiger partial charge is 0.383 e. The Kier molecular flexibility index (Phi) is 9.67. The van der Waals surface area contributed by atoms with Gasteiger partial charge in [-0.2, -0.15) is 5.26 Å². The Bertz CT molecular complexity index is 1050. The van der Waals surface area contributed by atoms with E-state index in [2.05, 4.69) is 38.9 Å². The van der Waals surface area contributed by atoms with E-state index in [1.807, 2.05) is 12.1 Å². The van der Waals surface area contributed by atoms with Crippen molar-refractivity contribution in [1.29, 1.82) is 5.26 Å². The summed E-state index contributed by atoms with van der Waals surface area (Å²) in [7, 11) is 1.73. The average molecular weight is 511 g/mol. The van der Waals surface area contributed by atoms with Crippen LogP contribution in [0.15, 0.2) is 30.5 Å². The van der Waals surface area contributed by atoms with E-state index in [9.17, 15) is 9.65 Å². The number of nitriles is 1. The topological polar surface area (TPSA) is 104 Å². The van der Waals surface area contributed by atoms with Crippen LogP contribution in [0.3, 0.4) is 0 Å². The van der Waals surface area contributed by atoms with Crippen LogP contribution in [0.5, 0.6) is 0 Å². The summed E-state index contributed by atoms with van der Waals surface area (Å²) in [6.07, 6.45) is 7.05. The van der Waals surface area contributed by atoms with Crippen molar-refractivity contribution < 1.29 is 13.9 Å². The second-order valence-corrected chi connectivity index (χ2v) is 10.4. The summed E-state index contributed by atoms with van der Waals surface area (Å²) in [5.41, 5.74) is 0.477. The fourth-order valence-corrected chi connectivity index (χ4v) is 5.14. The molecule has 0 amide bonds. The minimum absolute atomic E-state index is 0.320. The highest BCUT2D eigenvalue weighted by molar-refractivity contribution is 5.65. The van der Waals surface area contributed by atoms with Crippen LogP contribution in [0.25, 0.3) is 11.3 Å². The first-order chi connectivity index (χ1) is 18.0. The van der Waals surface area contributed by atoms with Crippen molar-refractivity contribution in [3.8, 4) is 17.3 Å². The molecule has 2 aromatic rings. The lowest BCUT2D eigenvalue weighted by atomic mass is 9.82. The van der Waals surface area contributed by atoms with Crippen LogP contribution in [0.4, 0.5) is 16.0 Å². The van der Waals surface area contributed by atoms with Gasteiger partial charge >= 0.3 is 0 Å². The molecule has 200 valence electrons. The molecule has 3 N–H and O–H groups in total. The predicted octanol–water partition coefficient (Wildman–Crippen LogP) is 4.61. The molecule has 1 unspecified atom stereocenters. The van der Waals surface area contributed by atoms with Crippen molar-refractivity contribution >= 4 is 11.6 Å². The van der Waals surface area contributed by atoms with Gasteiger partial charge in [-0.15, -0.1) is 0 Å². The van der Waals surface area contributed by atoms with Gasteiger partial charge in [-0.3, -0.25) is 0 Å². The summed E-state index contributed by atoms with van der Waals surface area (Å²) in [6, 6.07) is 10.4. The third-order valence-electron chi connectivity index (χ3n) is 7.55. The molecule has 9 heteroatoms. The lowest BCUT2D eigenvalue weighted by Crippen LogP contribution is -2.37. The summed E-state index contributed by atoms with van der Waals surface area (Å²) >= 11 is 0. The molecule has 2 aromatic heterocycles. The zero-order chi connectivity index (χ0) is 26.1. The second-order valence-electron chi connectivity index (χ2n) is 10.4. The number of pyridine rings is 2. The minimum atomic E-state index is -0.466. The standard InChI is InChI=1S/C28H39FN6O2/c1-20(17-36-2)31-15-21-6-8-22(9-7-21)34-27-14-23(24(29)16-32-27)25-4-3-5-26(35-25)33-19-28(18-30)10-12-37-13-11-28/h3-5,14,16,20-22,31H,6-13,15,17,19H2,1-2H3,(H,32,34)(H,33,35). The van der Waals surface area contributed by atoms with E-state index < -0.39 is 11.2 Å². The maximum Gasteiger partial charge on any atom is 0.151 e. The van der Waals surface area contributed by atoms with Crippen LogP contribution >= 0.6 is 0 Å². The monoisotopic (exact) mass is 510 g/mol. The summed E-state index contributed by atoms with van der Waals surface area (Å²) in [5, 5.41) is 20.1. The van der Waals surface area contributed by atoms with Gasteiger partial charge in [0.2, 0.25) is 0 Å². The number of nitrogens with one attached hydrogen (secondary N) is 3. The zero-order valence-electron chi connectivity index (χ0n) is 21.9. The molecule has 37 heavy (non-hydrogen) atoms. The van der Waals surface area contributed by atoms with Gasteiger partial charge < -0.3 is 25.4 Å². The molecule has 0 radical (unpaired) electrons. The first-order valence-electron chi connectivity index (χ1n) is 13.3. The summed E-state index contributed by atoms with van der Waals surface area (Å²) in [6.45, 7) is 5.54. The van der Waals surface area contributed by atoms with E-state index in [4.69, 9.17) is 9.47 Å². The summed E-state index contributed by atoms with van der Waals surface area (Å²) in [4.78, 5) is 8.93. The fraction of sp³-hybridized carbons (Fsp3) is 0.607. The second kappa shape index (κ2) is 13.1. The highest BCUT2D eigenvalue weighted by Crippen LogP contribution is 2.31. The van der Waals surface area contributed by atoms with Crippen LogP contribution in [0.1, 0.15) is 45.4 Å². The average Bonchev–Trinajstić information content (AvgIpc) is 2.93. The van der Waals surface area contributed by atoms with Crippen molar-refractivity contribution in [2.24, 2.45) is 11.3 Å². The molecule has 1 saturated heterocycles. The maximum absolute atomic E-state index is 14.8. The van der Waals surface area contributed by atoms with E-state index in [1.165, 1.54) is 6.20 Å². The molecule has 0 spiro atoms. The molecule has 3 heterocycles. The molecule has 0 bridgehead atoms. The molecule has 4 rings (SSSR count). The molecule has 0 aromatic carbocycles. The van der Waals surface area contributed by atoms with E-state index in [0.29, 0.717) is 73.5 Å². The van der Waals surface area contributed by atoms with Gasteiger partial charge in [0.15, 0.2) is 5.82 Å². The van der Waals surface area contributed by atoms with Crippen molar-refractivity contribution in [3.63, 3.8) is 0 Å². The number of aromatic nitrogens is 2. The number of halogens is 1. The molecule has 2 aliphatic rings. The van der Waals surface area contributed by atoms with Crippen molar-refractivity contribution in [2.75, 3.05) is 50.7 Å². The number of hydrogen-bond donors (Lipinski definition) is 3. The maximum atomic E-state index is 14.8. The van der Waals surface area contributed by atoms with E-state index in [-0.39, 0.29) is 0 Å². The Morgan fingerprint density at radius 1 is 1.22 bits per heavy atom. The Balaban J connectivity index is 1.34. The normalized spacial score (nSPS) is 22.1. The molecular weight excluding hydrogens is 471 g/mol. The van der Waals surface area contributed by atoms with Gasteiger partial charge in [0.1, 0.15) is 11.6 Å². The van der Waals surface area contributed by atoms with Crippen LogP contribution < -0.4 is 16.0 Å². The molecule has 1 aliphatic heterocycles. The van der Waals surface area contributed by atoms with Gasteiger partial charge in [0, 0.05) is 44.5 Å². The lowest BCUT2D eigenvalue weighted by molar-refractivity contribution is 0.0455. The first-order valence-corrected chi connectivity index (χ1v) is 13.3. The Morgan fingerprint density at radius 3 is 2.73 bits per heavy atom. The first kappa shape index (κ1) is 27.2. The predicted molar refractivity (Wildman–Crippen MR) is 143 cm³/mol. The van der Waals surface area contributed by atoms with Crippen LogP contribution in [0.2, 0.25) is 0 Å². The summed E-state index contributed by atoms with van der Waals surface area (Å²) < 4.78 is 25.4. The SMILES string of the molecule is COCC(C)NCC1CCC(Nc2cc(-c3cccc(NCC4(C#N)CCOCC4)n3)c(F)cn2)CC1. The van der Waals surface area contributed by atoms with E-state index >= 15 is 0 Å². The number of anilines is 2. The number of rotatable bonds is 11. The fourth-order valence-electron chi connectivity index (χ4n) is 5.14. The van der Waals surface area contributed by atoms with E-state index in [0.717, 1.165) is 38.8 Å². The zero-order valence-corrected chi connectivity index (χ0v) is 21.9. The molecule has 8 nitrogen and oxygen atoms in total. The minimum Gasteiger partial charge on any atom is -0.383 e. The van der Waals surface area contributed by atoms with Gasteiger partial charge in [0.05, 0.1) is 30.0 Å². The van der Waals surface area contributed by atoms with Gasteiger partial charge in [0.25, 0.3) is 0 Å². The highest BCUT2D eigenvalue weighted by Gasteiger charge is 2.32. The Labute approximate surface area is 219 Å². The van der Waals surface area contributed by atoms with Crippen molar-refractivity contribution in [1.82, 2.24) is 15.3 Å². The number of ether oxygens (including phenoxy) is 2. The highest BCUT2D eigenvalue weighted by atomic mass is 19.1. The molecule has 1 atom stereocenters. The number of nitrogens with zero attached hydrogens (tertiary/aromatic N) is 3. The smallest absolute Gasteiger partial charge is 0.151 e. The third-order valence-corrected chi connectivity index (χ3v) is 7.55.